The van der Waals surface area contributed by atoms with E-state index in [-0.39, 0.29) is 41.3 Å². The number of allylic oxidation sites excluding steroid dienone is 2. The first-order valence-corrected chi connectivity index (χ1v) is 8.73. The average molecular weight is 405 g/mol. The number of carbonyl (C=O) groups excluding carboxylic acids is 2. The molecule has 0 aliphatic carbocycles. The fraction of sp³-hybridized carbons (Fsp3) is 0.368. The van der Waals surface area contributed by atoms with Crippen LogP contribution >= 0.6 is 0 Å². The Balaban J connectivity index is 2.82. The fourth-order valence-electron chi connectivity index (χ4n) is 3.24. The third-order valence-electron chi connectivity index (χ3n) is 4.46. The number of rotatable bonds is 7. The van der Waals surface area contributed by atoms with Gasteiger partial charge in [0, 0.05) is 35.6 Å². The van der Waals surface area contributed by atoms with E-state index in [1.807, 2.05) is 0 Å². The van der Waals surface area contributed by atoms with Crippen molar-refractivity contribution in [3.63, 3.8) is 0 Å². The number of nitrogens with zero attached hydrogens (tertiary/aromatic N) is 1. The Hall–Kier alpha value is -3.40. The van der Waals surface area contributed by atoms with Gasteiger partial charge in [0.1, 0.15) is 12.4 Å². The highest BCUT2D eigenvalue weighted by Gasteiger charge is 2.39. The van der Waals surface area contributed by atoms with Crippen LogP contribution in [0.25, 0.3) is 0 Å². The summed E-state index contributed by atoms with van der Waals surface area (Å²) in [5.74, 6) is -2.12. The van der Waals surface area contributed by atoms with Crippen LogP contribution in [0.4, 0.5) is 5.69 Å². The van der Waals surface area contributed by atoms with E-state index in [1.54, 1.807) is 13.8 Å². The van der Waals surface area contributed by atoms with E-state index in [0.29, 0.717) is 11.4 Å². The van der Waals surface area contributed by atoms with Crippen LogP contribution in [0, 0.1) is 10.1 Å². The number of methoxy groups -OCH3 is 2. The van der Waals surface area contributed by atoms with E-state index in [1.165, 1.54) is 32.4 Å². The third-order valence-corrected chi connectivity index (χ3v) is 4.46. The van der Waals surface area contributed by atoms with E-state index in [9.17, 15) is 19.7 Å². The molecule has 0 saturated carbocycles. The van der Waals surface area contributed by atoms with Gasteiger partial charge in [0.2, 0.25) is 0 Å². The number of ether oxygens (including phenoxy) is 3. The van der Waals surface area contributed by atoms with Crippen molar-refractivity contribution in [3.8, 4) is 5.75 Å². The number of dihydropyridines is 1. The van der Waals surface area contributed by atoms with E-state index in [0.717, 1.165) is 0 Å². The molecular formula is C19H23N3O7. The Morgan fingerprint density at radius 1 is 1.14 bits per heavy atom. The summed E-state index contributed by atoms with van der Waals surface area (Å²) in [7, 11) is 2.42. The zero-order valence-corrected chi connectivity index (χ0v) is 16.6. The molecule has 1 aromatic rings. The van der Waals surface area contributed by atoms with Gasteiger partial charge >= 0.3 is 11.9 Å². The molecule has 156 valence electrons. The number of esters is 2. The van der Waals surface area contributed by atoms with Gasteiger partial charge in [-0.1, -0.05) is 0 Å². The molecule has 1 aliphatic heterocycles. The number of hydrogen-bond acceptors (Lipinski definition) is 9. The highest BCUT2D eigenvalue weighted by molar-refractivity contribution is 6.00. The highest BCUT2D eigenvalue weighted by Crippen LogP contribution is 2.43. The van der Waals surface area contributed by atoms with Gasteiger partial charge in [-0.05, 0) is 19.9 Å². The summed E-state index contributed by atoms with van der Waals surface area (Å²) >= 11 is 0. The largest absolute Gasteiger partial charge is 0.492 e. The van der Waals surface area contributed by atoms with Crippen molar-refractivity contribution in [2.45, 2.75) is 19.8 Å². The normalized spacial score (nSPS) is 14.4. The molecule has 0 unspecified atom stereocenters. The van der Waals surface area contributed by atoms with Crippen molar-refractivity contribution in [3.05, 3.63) is 56.4 Å². The molecule has 1 aliphatic rings. The maximum atomic E-state index is 12.6. The number of nitro groups is 1. The molecule has 10 nitrogen and oxygen atoms in total. The van der Waals surface area contributed by atoms with Crippen molar-refractivity contribution >= 4 is 17.6 Å². The summed E-state index contributed by atoms with van der Waals surface area (Å²) in [6.07, 6.45) is 0. The van der Waals surface area contributed by atoms with Gasteiger partial charge in [-0.15, -0.1) is 0 Å². The number of carbonyl (C=O) groups is 2. The van der Waals surface area contributed by atoms with Crippen LogP contribution < -0.4 is 15.8 Å². The van der Waals surface area contributed by atoms with E-state index >= 15 is 0 Å². The van der Waals surface area contributed by atoms with Gasteiger partial charge in [-0.3, -0.25) is 10.1 Å². The molecule has 1 heterocycles. The Morgan fingerprint density at radius 3 is 2.14 bits per heavy atom. The molecule has 2 rings (SSSR count). The monoisotopic (exact) mass is 405 g/mol. The molecule has 0 bridgehead atoms. The van der Waals surface area contributed by atoms with Crippen molar-refractivity contribution in [2.75, 3.05) is 27.4 Å². The summed E-state index contributed by atoms with van der Waals surface area (Å²) in [6, 6.07) is 3.97. The molecule has 29 heavy (non-hydrogen) atoms. The van der Waals surface area contributed by atoms with Crippen molar-refractivity contribution < 1.29 is 28.7 Å². The van der Waals surface area contributed by atoms with Gasteiger partial charge in [0.25, 0.3) is 5.69 Å². The summed E-state index contributed by atoms with van der Waals surface area (Å²) < 4.78 is 15.5. The lowest BCUT2D eigenvalue weighted by molar-refractivity contribution is -0.384. The molecule has 0 amide bonds. The van der Waals surface area contributed by atoms with Gasteiger partial charge in [0.05, 0.1) is 36.2 Å². The second kappa shape index (κ2) is 9.20. The van der Waals surface area contributed by atoms with Crippen LogP contribution in [0.15, 0.2) is 40.7 Å². The zero-order valence-electron chi connectivity index (χ0n) is 16.6. The first-order valence-electron chi connectivity index (χ1n) is 8.73. The molecule has 0 atom stereocenters. The van der Waals surface area contributed by atoms with Crippen molar-refractivity contribution in [1.29, 1.82) is 0 Å². The smallest absolute Gasteiger partial charge is 0.336 e. The predicted molar refractivity (Wildman–Crippen MR) is 103 cm³/mol. The first kappa shape index (κ1) is 21.9. The van der Waals surface area contributed by atoms with Gasteiger partial charge in [-0.2, -0.15) is 0 Å². The number of benzene rings is 1. The van der Waals surface area contributed by atoms with Crippen LogP contribution in [0.1, 0.15) is 25.3 Å². The second-order valence-corrected chi connectivity index (χ2v) is 6.23. The molecule has 0 radical (unpaired) electrons. The number of nitrogens with one attached hydrogen (secondary N) is 1. The molecule has 0 spiro atoms. The summed E-state index contributed by atoms with van der Waals surface area (Å²) in [5.41, 5.74) is 6.69. The molecular weight excluding hydrogens is 382 g/mol. The van der Waals surface area contributed by atoms with Crippen LogP contribution in [0.5, 0.6) is 5.75 Å². The van der Waals surface area contributed by atoms with Gasteiger partial charge in [-0.25, -0.2) is 9.59 Å². The maximum Gasteiger partial charge on any atom is 0.336 e. The van der Waals surface area contributed by atoms with Crippen LogP contribution in [0.3, 0.4) is 0 Å². The SMILES string of the molecule is COC(=O)C1=C(C)NC(C)=C(C(=O)OC)C1c1cc([N+](=O)[O-])ccc1OCCN. The van der Waals surface area contributed by atoms with E-state index < -0.39 is 22.8 Å². The van der Waals surface area contributed by atoms with Crippen molar-refractivity contribution in [2.24, 2.45) is 5.73 Å². The second-order valence-electron chi connectivity index (χ2n) is 6.23. The standard InChI is InChI=1S/C19H23N3O7/c1-10-15(18(23)27-3)17(16(11(2)21-10)19(24)28-4)13-9-12(22(25)26)5-6-14(13)29-8-7-20/h5-6,9,17,21H,7-8,20H2,1-4H3. The summed E-state index contributed by atoms with van der Waals surface area (Å²) in [6.45, 7) is 3.64. The van der Waals surface area contributed by atoms with E-state index in [2.05, 4.69) is 5.32 Å². The molecule has 0 aromatic heterocycles. The molecule has 1 aromatic carbocycles. The maximum absolute atomic E-state index is 12.6. The van der Waals surface area contributed by atoms with Crippen LogP contribution in [-0.4, -0.2) is 44.2 Å². The lowest BCUT2D eigenvalue weighted by Crippen LogP contribution is -2.32. The Bertz CT molecular complexity index is 867. The topological polar surface area (TPSA) is 143 Å². The van der Waals surface area contributed by atoms with Gasteiger partial charge < -0.3 is 25.3 Å². The Kier molecular flexibility index (Phi) is 6.94. The molecule has 0 saturated heterocycles. The zero-order chi connectivity index (χ0) is 21.7. The predicted octanol–water partition coefficient (Wildman–Crippen LogP) is 1.51. The van der Waals surface area contributed by atoms with Crippen LogP contribution in [-0.2, 0) is 19.1 Å². The third kappa shape index (κ3) is 4.37. The van der Waals surface area contributed by atoms with Gasteiger partial charge in [0.15, 0.2) is 0 Å². The minimum atomic E-state index is -0.996. The fourth-order valence-corrected chi connectivity index (χ4v) is 3.24. The number of hydrogen-bond donors (Lipinski definition) is 2. The molecule has 0 fully saturated rings. The minimum absolute atomic E-state index is 0.122. The van der Waals surface area contributed by atoms with E-state index in [4.69, 9.17) is 19.9 Å². The summed E-state index contributed by atoms with van der Waals surface area (Å²) in [4.78, 5) is 35.9. The minimum Gasteiger partial charge on any atom is -0.492 e. The highest BCUT2D eigenvalue weighted by atomic mass is 16.6. The summed E-state index contributed by atoms with van der Waals surface area (Å²) in [5, 5.41) is 14.3. The number of nitro benzene ring substituents is 1. The Morgan fingerprint density at radius 2 is 1.69 bits per heavy atom. The number of non-ortho nitro benzene ring substituents is 1. The van der Waals surface area contributed by atoms with Crippen molar-refractivity contribution in [1.82, 2.24) is 5.32 Å². The molecule has 10 heteroatoms. The molecule has 3 N–H and O–H groups in total. The average Bonchev–Trinajstić information content (AvgIpc) is 2.70. The lowest BCUT2D eigenvalue weighted by atomic mass is 9.80. The number of nitrogens with two attached hydrogens (primary N) is 1. The quantitative estimate of drug-likeness (QED) is 0.392. The first-order chi connectivity index (χ1) is 13.8. The van der Waals surface area contributed by atoms with Crippen LogP contribution in [0.2, 0.25) is 0 Å². The lowest BCUT2D eigenvalue weighted by Gasteiger charge is -2.30. The Labute approximate surface area is 167 Å².